The van der Waals surface area contributed by atoms with Crippen LogP contribution < -0.4 is 4.74 Å². The second-order valence-corrected chi connectivity index (χ2v) is 6.55. The molecule has 1 unspecified atom stereocenters. The Kier molecular flexibility index (Phi) is 4.07. The maximum atomic E-state index is 13.2. The van der Waals surface area contributed by atoms with Crippen molar-refractivity contribution in [3.8, 4) is 5.75 Å². The van der Waals surface area contributed by atoms with E-state index in [2.05, 4.69) is 0 Å². The Balaban J connectivity index is 1.99. The summed E-state index contributed by atoms with van der Waals surface area (Å²) in [7, 11) is 1.57. The molecule has 0 radical (unpaired) electrons. The first-order valence-corrected chi connectivity index (χ1v) is 7.88. The average molecular weight is 341 g/mol. The van der Waals surface area contributed by atoms with Crippen molar-refractivity contribution in [2.75, 3.05) is 7.11 Å². The second-order valence-electron chi connectivity index (χ2n) is 4.59. The highest BCUT2D eigenvalue weighted by molar-refractivity contribution is 7.19. The fourth-order valence-electron chi connectivity index (χ4n) is 2.15. The van der Waals surface area contributed by atoms with Crippen LogP contribution in [0.1, 0.15) is 15.8 Å². The molecule has 0 fully saturated rings. The van der Waals surface area contributed by atoms with E-state index in [0.717, 1.165) is 20.5 Å². The lowest BCUT2D eigenvalue weighted by molar-refractivity contribution is 0.415. The molecule has 0 spiro atoms. The normalized spacial score (nSPS) is 12.6. The Labute approximate surface area is 135 Å². The van der Waals surface area contributed by atoms with Crippen LogP contribution in [0.2, 0.25) is 5.02 Å². The molecule has 0 amide bonds. The average Bonchev–Trinajstić information content (AvgIpc) is 2.89. The maximum absolute atomic E-state index is 13.2. The molecule has 5 heteroatoms. The van der Waals surface area contributed by atoms with Gasteiger partial charge in [0.2, 0.25) is 0 Å². The van der Waals surface area contributed by atoms with Gasteiger partial charge in [0.15, 0.2) is 0 Å². The third-order valence-corrected chi connectivity index (χ3v) is 5.29. The van der Waals surface area contributed by atoms with Crippen LogP contribution in [0.4, 0.5) is 4.39 Å². The van der Waals surface area contributed by atoms with E-state index in [0.29, 0.717) is 10.8 Å². The first-order chi connectivity index (χ1) is 10.1. The molecule has 0 saturated carbocycles. The van der Waals surface area contributed by atoms with Gasteiger partial charge < -0.3 is 4.74 Å². The molecule has 2 aromatic carbocycles. The fraction of sp³-hybridized carbons (Fsp3) is 0.125. The van der Waals surface area contributed by atoms with E-state index >= 15 is 0 Å². The molecular weight excluding hydrogens is 330 g/mol. The quantitative estimate of drug-likeness (QED) is 0.529. The molecule has 3 aromatic rings. The molecule has 1 heterocycles. The Hall–Kier alpha value is -1.29. The van der Waals surface area contributed by atoms with E-state index in [9.17, 15) is 4.39 Å². The van der Waals surface area contributed by atoms with Crippen LogP contribution >= 0.6 is 34.5 Å². The molecule has 108 valence electrons. The van der Waals surface area contributed by atoms with Crippen LogP contribution in [-0.4, -0.2) is 7.11 Å². The monoisotopic (exact) mass is 340 g/mol. The number of alkyl halides is 1. The first-order valence-electron chi connectivity index (χ1n) is 6.25. The van der Waals surface area contributed by atoms with Gasteiger partial charge in [0.05, 0.1) is 17.5 Å². The van der Waals surface area contributed by atoms with Crippen molar-refractivity contribution >= 4 is 44.6 Å². The Morgan fingerprint density at radius 3 is 2.67 bits per heavy atom. The lowest BCUT2D eigenvalue weighted by Gasteiger charge is -2.10. The molecule has 1 nitrogen and oxygen atoms in total. The molecule has 0 bridgehead atoms. The highest BCUT2D eigenvalue weighted by Crippen LogP contribution is 2.39. The van der Waals surface area contributed by atoms with Crippen LogP contribution in [0.25, 0.3) is 10.1 Å². The number of ether oxygens (including phenoxy) is 1. The van der Waals surface area contributed by atoms with E-state index in [1.807, 2.05) is 12.1 Å². The summed E-state index contributed by atoms with van der Waals surface area (Å²) in [6.07, 6.45) is 0. The summed E-state index contributed by atoms with van der Waals surface area (Å²) in [5, 5.41) is 1.18. The molecule has 21 heavy (non-hydrogen) atoms. The second kappa shape index (κ2) is 5.84. The van der Waals surface area contributed by atoms with E-state index in [4.69, 9.17) is 27.9 Å². The minimum absolute atomic E-state index is 0.241. The largest absolute Gasteiger partial charge is 0.495 e. The predicted octanol–water partition coefficient (Wildman–Crippen LogP) is 6.03. The van der Waals surface area contributed by atoms with Crippen molar-refractivity contribution in [3.63, 3.8) is 0 Å². The van der Waals surface area contributed by atoms with Gasteiger partial charge in [-0.25, -0.2) is 4.39 Å². The lowest BCUT2D eigenvalue weighted by Crippen LogP contribution is -1.91. The fourth-order valence-corrected chi connectivity index (χ4v) is 3.85. The van der Waals surface area contributed by atoms with E-state index in [1.54, 1.807) is 25.3 Å². The summed E-state index contributed by atoms with van der Waals surface area (Å²) in [6.45, 7) is 0. The van der Waals surface area contributed by atoms with Crippen molar-refractivity contribution < 1.29 is 9.13 Å². The Bertz CT molecular complexity index is 800. The van der Waals surface area contributed by atoms with Gasteiger partial charge in [-0.3, -0.25) is 0 Å². The zero-order chi connectivity index (χ0) is 15.0. The topological polar surface area (TPSA) is 9.23 Å². The number of methoxy groups -OCH3 is 1. The number of benzene rings is 2. The molecule has 1 aromatic heterocycles. The maximum Gasteiger partial charge on any atom is 0.137 e. The number of hydrogen-bond donors (Lipinski definition) is 0. The summed E-state index contributed by atoms with van der Waals surface area (Å²) in [5.41, 5.74) is 0.884. The molecule has 0 N–H and O–H groups in total. The number of fused-ring (bicyclic) bond motifs is 1. The standard InChI is InChI=1S/C16H11Cl2FOS/c1-20-13-5-3-10(6-12(13)17)16(18)15-7-9-2-4-11(19)8-14(9)21-15/h2-8,16H,1H3. The van der Waals surface area contributed by atoms with E-state index in [1.165, 1.54) is 23.5 Å². The van der Waals surface area contributed by atoms with Crippen LogP contribution in [-0.2, 0) is 0 Å². The summed E-state index contributed by atoms with van der Waals surface area (Å²) in [4.78, 5) is 0.957. The highest BCUT2D eigenvalue weighted by Gasteiger charge is 2.16. The lowest BCUT2D eigenvalue weighted by atomic mass is 10.1. The van der Waals surface area contributed by atoms with Crippen molar-refractivity contribution in [1.82, 2.24) is 0 Å². The first kappa shape index (κ1) is 14.6. The van der Waals surface area contributed by atoms with E-state index in [-0.39, 0.29) is 11.2 Å². The number of halogens is 3. The molecular formula is C16H11Cl2FOS. The molecule has 0 aliphatic carbocycles. The van der Waals surface area contributed by atoms with Gasteiger partial charge in [-0.05, 0) is 41.3 Å². The highest BCUT2D eigenvalue weighted by atomic mass is 35.5. The molecule has 1 atom stereocenters. The number of hydrogen-bond acceptors (Lipinski definition) is 2. The van der Waals surface area contributed by atoms with Crippen LogP contribution in [0.5, 0.6) is 5.75 Å². The zero-order valence-corrected chi connectivity index (χ0v) is 13.4. The summed E-state index contributed by atoms with van der Waals surface area (Å²) in [5.74, 6) is 0.372. The third kappa shape index (κ3) is 2.86. The minimum atomic E-state index is -0.325. The van der Waals surface area contributed by atoms with Gasteiger partial charge in [-0.15, -0.1) is 22.9 Å². The minimum Gasteiger partial charge on any atom is -0.495 e. The van der Waals surface area contributed by atoms with E-state index < -0.39 is 0 Å². The zero-order valence-electron chi connectivity index (χ0n) is 11.1. The SMILES string of the molecule is COc1ccc(C(Cl)c2cc3ccc(F)cc3s2)cc1Cl. The molecule has 3 rings (SSSR count). The van der Waals surface area contributed by atoms with Gasteiger partial charge in [-0.1, -0.05) is 23.7 Å². The van der Waals surface area contributed by atoms with Crippen molar-refractivity contribution in [3.05, 3.63) is 63.7 Å². The number of thiophene rings is 1. The van der Waals surface area contributed by atoms with Gasteiger partial charge in [-0.2, -0.15) is 0 Å². The van der Waals surface area contributed by atoms with Crippen molar-refractivity contribution in [2.45, 2.75) is 5.38 Å². The van der Waals surface area contributed by atoms with Crippen molar-refractivity contribution in [1.29, 1.82) is 0 Å². The Morgan fingerprint density at radius 1 is 1.14 bits per heavy atom. The van der Waals surface area contributed by atoms with Crippen LogP contribution in [0.15, 0.2) is 42.5 Å². The summed E-state index contributed by atoms with van der Waals surface area (Å²) in [6, 6.07) is 12.2. The molecule has 0 saturated heterocycles. The van der Waals surface area contributed by atoms with Crippen LogP contribution in [0, 0.1) is 5.82 Å². The van der Waals surface area contributed by atoms with Gasteiger partial charge in [0.1, 0.15) is 11.6 Å². The van der Waals surface area contributed by atoms with Gasteiger partial charge in [0, 0.05) is 9.58 Å². The summed E-state index contributed by atoms with van der Waals surface area (Å²) < 4.78 is 19.3. The third-order valence-electron chi connectivity index (χ3n) is 3.22. The summed E-state index contributed by atoms with van der Waals surface area (Å²) >= 11 is 14.1. The van der Waals surface area contributed by atoms with Crippen molar-refractivity contribution in [2.24, 2.45) is 0 Å². The van der Waals surface area contributed by atoms with Gasteiger partial charge >= 0.3 is 0 Å². The number of rotatable bonds is 3. The predicted molar refractivity (Wildman–Crippen MR) is 87.5 cm³/mol. The molecule has 0 aliphatic heterocycles. The molecule has 0 aliphatic rings. The van der Waals surface area contributed by atoms with Gasteiger partial charge in [0.25, 0.3) is 0 Å². The smallest absolute Gasteiger partial charge is 0.137 e. The van der Waals surface area contributed by atoms with Crippen LogP contribution in [0.3, 0.4) is 0 Å². The Morgan fingerprint density at radius 2 is 1.95 bits per heavy atom.